The summed E-state index contributed by atoms with van der Waals surface area (Å²) in [5.41, 5.74) is 4.88. The monoisotopic (exact) mass is 281 g/mol. The second-order valence-corrected chi connectivity index (χ2v) is 5.50. The van der Waals surface area contributed by atoms with E-state index in [1.165, 1.54) is 24.0 Å². The number of aryl methyl sites for hydroxylation is 2. The summed E-state index contributed by atoms with van der Waals surface area (Å²) < 4.78 is 0. The lowest BCUT2D eigenvalue weighted by molar-refractivity contribution is 0.102. The zero-order valence-corrected chi connectivity index (χ0v) is 11.9. The summed E-state index contributed by atoms with van der Waals surface area (Å²) in [6.45, 7) is -0.0252. The van der Waals surface area contributed by atoms with Crippen LogP contribution in [0.4, 0.5) is 5.69 Å². The van der Waals surface area contributed by atoms with E-state index in [9.17, 15) is 4.79 Å². The van der Waals surface area contributed by atoms with Crippen LogP contribution in [0, 0.1) is 0 Å². The molecule has 108 valence electrons. The van der Waals surface area contributed by atoms with Gasteiger partial charge in [-0.1, -0.05) is 18.2 Å². The van der Waals surface area contributed by atoms with E-state index >= 15 is 0 Å². The van der Waals surface area contributed by atoms with Crippen LogP contribution in [0.25, 0.3) is 0 Å². The lowest BCUT2D eigenvalue weighted by atomic mass is 9.90. The molecule has 1 aliphatic rings. The number of nitrogens with one attached hydrogen (secondary N) is 1. The van der Waals surface area contributed by atoms with Gasteiger partial charge in [0.05, 0.1) is 6.61 Å². The molecule has 0 aromatic heterocycles. The van der Waals surface area contributed by atoms with Crippen molar-refractivity contribution in [2.75, 3.05) is 5.32 Å². The summed E-state index contributed by atoms with van der Waals surface area (Å²) in [6.07, 6.45) is 4.63. The van der Waals surface area contributed by atoms with Crippen molar-refractivity contribution in [1.82, 2.24) is 0 Å². The maximum absolute atomic E-state index is 12.3. The molecular weight excluding hydrogens is 262 g/mol. The highest BCUT2D eigenvalue weighted by molar-refractivity contribution is 6.04. The average molecular weight is 281 g/mol. The number of fused-ring (bicyclic) bond motifs is 1. The number of carbonyl (C=O) groups excluding carboxylic acids is 1. The molecule has 1 amide bonds. The zero-order chi connectivity index (χ0) is 14.7. The van der Waals surface area contributed by atoms with E-state index in [1.807, 2.05) is 30.3 Å². The average Bonchev–Trinajstić information content (AvgIpc) is 2.54. The van der Waals surface area contributed by atoms with Crippen LogP contribution in [0.5, 0.6) is 0 Å². The lowest BCUT2D eigenvalue weighted by Crippen LogP contribution is -2.13. The van der Waals surface area contributed by atoms with Gasteiger partial charge in [0.2, 0.25) is 0 Å². The van der Waals surface area contributed by atoms with Crippen LogP contribution in [0.2, 0.25) is 0 Å². The molecule has 0 bridgehead atoms. The highest BCUT2D eigenvalue weighted by Crippen LogP contribution is 2.22. The van der Waals surface area contributed by atoms with Crippen LogP contribution in [-0.2, 0) is 19.4 Å². The summed E-state index contributed by atoms with van der Waals surface area (Å²) >= 11 is 0. The third-order valence-electron chi connectivity index (χ3n) is 3.98. The van der Waals surface area contributed by atoms with Crippen LogP contribution in [0.1, 0.15) is 39.9 Å². The molecule has 2 aromatic rings. The van der Waals surface area contributed by atoms with Crippen molar-refractivity contribution in [3.05, 3.63) is 64.7 Å². The molecule has 2 N–H and O–H groups in total. The van der Waals surface area contributed by atoms with E-state index in [4.69, 9.17) is 5.11 Å². The zero-order valence-electron chi connectivity index (χ0n) is 11.9. The smallest absolute Gasteiger partial charge is 0.255 e. The van der Waals surface area contributed by atoms with Crippen LogP contribution >= 0.6 is 0 Å². The van der Waals surface area contributed by atoms with E-state index in [0.29, 0.717) is 11.3 Å². The minimum Gasteiger partial charge on any atom is -0.392 e. The lowest BCUT2D eigenvalue weighted by Gasteiger charge is -2.16. The van der Waals surface area contributed by atoms with Gasteiger partial charge in [-0.15, -0.1) is 0 Å². The molecule has 0 aliphatic heterocycles. The largest absolute Gasteiger partial charge is 0.392 e. The first-order valence-electron chi connectivity index (χ1n) is 7.39. The summed E-state index contributed by atoms with van der Waals surface area (Å²) in [5, 5.41) is 12.0. The van der Waals surface area contributed by atoms with Crippen molar-refractivity contribution in [1.29, 1.82) is 0 Å². The van der Waals surface area contributed by atoms with Crippen molar-refractivity contribution >= 4 is 11.6 Å². The van der Waals surface area contributed by atoms with Gasteiger partial charge in [-0.05, 0) is 66.6 Å². The second kappa shape index (κ2) is 6.10. The van der Waals surface area contributed by atoms with Gasteiger partial charge in [-0.25, -0.2) is 0 Å². The first-order chi connectivity index (χ1) is 10.3. The Hall–Kier alpha value is -2.13. The van der Waals surface area contributed by atoms with Gasteiger partial charge in [0.25, 0.3) is 5.91 Å². The Labute approximate surface area is 124 Å². The summed E-state index contributed by atoms with van der Waals surface area (Å²) in [4.78, 5) is 12.3. The predicted molar refractivity (Wildman–Crippen MR) is 83.4 cm³/mol. The standard InChI is InChI=1S/C18H19NO2/c20-12-13-4-3-7-17(10-13)19-18(21)16-9-8-14-5-1-2-6-15(14)11-16/h3-4,7-11,20H,1-2,5-6,12H2,(H,19,21). The number of hydrogen-bond acceptors (Lipinski definition) is 2. The van der Waals surface area contributed by atoms with Crippen molar-refractivity contribution in [2.45, 2.75) is 32.3 Å². The Morgan fingerprint density at radius 1 is 1.05 bits per heavy atom. The van der Waals surface area contributed by atoms with E-state index in [0.717, 1.165) is 18.4 Å². The quantitative estimate of drug-likeness (QED) is 0.906. The molecule has 0 saturated carbocycles. The molecule has 0 atom stereocenters. The SMILES string of the molecule is O=C(Nc1cccc(CO)c1)c1ccc2c(c1)CCCC2. The minimum absolute atomic E-state index is 0.0252. The fraction of sp³-hybridized carbons (Fsp3) is 0.278. The molecule has 3 heteroatoms. The summed E-state index contributed by atoms with van der Waals surface area (Å²) in [7, 11) is 0. The Balaban J connectivity index is 1.78. The van der Waals surface area contributed by atoms with E-state index in [1.54, 1.807) is 6.07 Å². The van der Waals surface area contributed by atoms with E-state index in [-0.39, 0.29) is 12.5 Å². The number of benzene rings is 2. The van der Waals surface area contributed by atoms with Crippen molar-refractivity contribution in [3.63, 3.8) is 0 Å². The molecule has 3 nitrogen and oxygen atoms in total. The van der Waals surface area contributed by atoms with Crippen molar-refractivity contribution in [3.8, 4) is 0 Å². The first-order valence-corrected chi connectivity index (χ1v) is 7.39. The Morgan fingerprint density at radius 2 is 1.86 bits per heavy atom. The van der Waals surface area contributed by atoms with Crippen LogP contribution in [-0.4, -0.2) is 11.0 Å². The Kier molecular flexibility index (Phi) is 4.02. The molecular formula is C18H19NO2. The Morgan fingerprint density at radius 3 is 2.67 bits per heavy atom. The second-order valence-electron chi connectivity index (χ2n) is 5.50. The topological polar surface area (TPSA) is 49.3 Å². The first kappa shape index (κ1) is 13.8. The highest BCUT2D eigenvalue weighted by atomic mass is 16.3. The maximum Gasteiger partial charge on any atom is 0.255 e. The molecule has 0 heterocycles. The van der Waals surface area contributed by atoms with Gasteiger partial charge in [0.15, 0.2) is 0 Å². The predicted octanol–water partition coefficient (Wildman–Crippen LogP) is 3.31. The van der Waals surface area contributed by atoms with Crippen LogP contribution < -0.4 is 5.32 Å². The molecule has 2 aromatic carbocycles. The van der Waals surface area contributed by atoms with E-state index < -0.39 is 0 Å². The highest BCUT2D eigenvalue weighted by Gasteiger charge is 2.13. The third-order valence-corrected chi connectivity index (χ3v) is 3.98. The Bertz CT molecular complexity index is 664. The number of amides is 1. The number of rotatable bonds is 3. The number of anilines is 1. The number of aliphatic hydroxyl groups excluding tert-OH is 1. The molecule has 0 saturated heterocycles. The molecule has 0 radical (unpaired) electrons. The van der Waals surface area contributed by atoms with Crippen LogP contribution in [0.3, 0.4) is 0 Å². The van der Waals surface area contributed by atoms with Gasteiger partial charge in [0, 0.05) is 11.3 Å². The van der Waals surface area contributed by atoms with Gasteiger partial charge in [-0.2, -0.15) is 0 Å². The third kappa shape index (κ3) is 3.14. The fourth-order valence-corrected chi connectivity index (χ4v) is 2.83. The molecule has 0 spiro atoms. The number of aliphatic hydroxyl groups is 1. The molecule has 0 fully saturated rings. The van der Waals surface area contributed by atoms with Crippen LogP contribution in [0.15, 0.2) is 42.5 Å². The van der Waals surface area contributed by atoms with Gasteiger partial charge >= 0.3 is 0 Å². The van der Waals surface area contributed by atoms with Gasteiger partial charge < -0.3 is 10.4 Å². The minimum atomic E-state index is -0.0986. The number of hydrogen-bond donors (Lipinski definition) is 2. The summed E-state index contributed by atoms with van der Waals surface area (Å²) in [6, 6.07) is 13.3. The molecule has 3 rings (SSSR count). The van der Waals surface area contributed by atoms with Crippen molar-refractivity contribution < 1.29 is 9.90 Å². The molecule has 1 aliphatic carbocycles. The van der Waals surface area contributed by atoms with Gasteiger partial charge in [-0.3, -0.25) is 4.79 Å². The number of carbonyl (C=O) groups is 1. The maximum atomic E-state index is 12.3. The molecule has 0 unspecified atom stereocenters. The normalized spacial score (nSPS) is 13.6. The van der Waals surface area contributed by atoms with Crippen molar-refractivity contribution in [2.24, 2.45) is 0 Å². The summed E-state index contributed by atoms with van der Waals surface area (Å²) in [5.74, 6) is -0.0986. The fourth-order valence-electron chi connectivity index (χ4n) is 2.83. The molecule has 21 heavy (non-hydrogen) atoms. The van der Waals surface area contributed by atoms with Gasteiger partial charge in [0.1, 0.15) is 0 Å². The van der Waals surface area contributed by atoms with E-state index in [2.05, 4.69) is 11.4 Å².